The minimum atomic E-state index is -0.0200. The van der Waals surface area contributed by atoms with Crippen LogP contribution in [0.15, 0.2) is 59.4 Å². The molecule has 1 aliphatic heterocycles. The van der Waals surface area contributed by atoms with Crippen LogP contribution in [0.5, 0.6) is 5.75 Å². The number of benzene rings is 2. The van der Waals surface area contributed by atoms with E-state index in [0.717, 1.165) is 41.9 Å². The first-order chi connectivity index (χ1) is 13.7. The summed E-state index contributed by atoms with van der Waals surface area (Å²) in [5.41, 5.74) is 2.91. The zero-order valence-electron chi connectivity index (χ0n) is 16.3. The van der Waals surface area contributed by atoms with Crippen molar-refractivity contribution in [1.29, 1.82) is 0 Å². The third-order valence-corrected chi connectivity index (χ3v) is 5.57. The van der Waals surface area contributed by atoms with Crippen LogP contribution in [-0.2, 0) is 6.54 Å². The van der Waals surface area contributed by atoms with Gasteiger partial charge in [0.2, 0.25) is 0 Å². The third-order valence-electron chi connectivity index (χ3n) is 5.57. The molecule has 3 aromatic rings. The number of pyridine rings is 1. The topological polar surface area (TPSA) is 57.4 Å². The standard InChI is InChI=1S/C23H27N3O2/c1-28-20-10-8-17(9-11-20)22(26-12-4-5-13-26)16-24-15-19-14-18-6-2-3-7-21(18)25-23(19)27/h2-3,6-11,14,22,24H,4-5,12-13,15-16H2,1H3,(H,25,27). The predicted molar refractivity (Wildman–Crippen MR) is 113 cm³/mol. The van der Waals surface area contributed by atoms with Crippen molar-refractivity contribution in [2.24, 2.45) is 0 Å². The van der Waals surface area contributed by atoms with Gasteiger partial charge in [-0.1, -0.05) is 30.3 Å². The molecule has 1 aliphatic rings. The molecule has 1 atom stereocenters. The van der Waals surface area contributed by atoms with Crippen LogP contribution in [0.3, 0.4) is 0 Å². The number of nitrogens with one attached hydrogen (secondary N) is 2. The summed E-state index contributed by atoms with van der Waals surface area (Å²) in [4.78, 5) is 17.9. The van der Waals surface area contributed by atoms with Gasteiger partial charge in [-0.05, 0) is 61.1 Å². The summed E-state index contributed by atoms with van der Waals surface area (Å²) in [5.74, 6) is 0.875. The van der Waals surface area contributed by atoms with Crippen LogP contribution >= 0.6 is 0 Å². The van der Waals surface area contributed by atoms with E-state index < -0.39 is 0 Å². The van der Waals surface area contributed by atoms with E-state index in [1.807, 2.05) is 42.5 Å². The number of para-hydroxylation sites is 1. The van der Waals surface area contributed by atoms with Crippen LogP contribution in [0.2, 0.25) is 0 Å². The van der Waals surface area contributed by atoms with Crippen molar-refractivity contribution in [3.63, 3.8) is 0 Å². The quantitative estimate of drug-likeness (QED) is 0.662. The third kappa shape index (κ3) is 4.11. The fourth-order valence-corrected chi connectivity index (χ4v) is 4.00. The van der Waals surface area contributed by atoms with Gasteiger partial charge in [0, 0.05) is 30.2 Å². The van der Waals surface area contributed by atoms with E-state index in [1.165, 1.54) is 18.4 Å². The normalized spacial score (nSPS) is 15.8. The Morgan fingerprint density at radius 3 is 2.61 bits per heavy atom. The number of hydrogen-bond donors (Lipinski definition) is 2. The van der Waals surface area contributed by atoms with Gasteiger partial charge in [0.1, 0.15) is 5.75 Å². The molecular weight excluding hydrogens is 350 g/mol. The molecule has 1 aromatic heterocycles. The molecule has 4 rings (SSSR count). The van der Waals surface area contributed by atoms with E-state index in [9.17, 15) is 4.79 Å². The molecule has 2 N–H and O–H groups in total. The SMILES string of the molecule is COc1ccc(C(CNCc2cc3ccccc3[nH]c2=O)N2CCCC2)cc1. The number of rotatable bonds is 7. The summed E-state index contributed by atoms with van der Waals surface area (Å²) in [6.07, 6.45) is 2.49. The average Bonchev–Trinajstić information content (AvgIpc) is 3.26. The fourth-order valence-electron chi connectivity index (χ4n) is 4.00. The molecule has 146 valence electrons. The Kier molecular flexibility index (Phi) is 5.74. The maximum Gasteiger partial charge on any atom is 0.252 e. The van der Waals surface area contributed by atoms with Gasteiger partial charge in [-0.3, -0.25) is 9.69 Å². The van der Waals surface area contributed by atoms with E-state index in [2.05, 4.69) is 27.3 Å². The van der Waals surface area contributed by atoms with Crippen LogP contribution in [0.25, 0.3) is 10.9 Å². The zero-order valence-corrected chi connectivity index (χ0v) is 16.3. The molecule has 5 nitrogen and oxygen atoms in total. The number of H-pyrrole nitrogens is 1. The van der Waals surface area contributed by atoms with Crippen LogP contribution < -0.4 is 15.6 Å². The number of aromatic amines is 1. The summed E-state index contributed by atoms with van der Waals surface area (Å²) in [5, 5.41) is 4.58. The Balaban J connectivity index is 1.48. The first kappa shape index (κ1) is 18.7. The van der Waals surface area contributed by atoms with E-state index in [-0.39, 0.29) is 5.56 Å². The lowest BCUT2D eigenvalue weighted by molar-refractivity contribution is 0.238. The molecule has 0 bridgehead atoms. The van der Waals surface area contributed by atoms with Gasteiger partial charge >= 0.3 is 0 Å². The molecule has 1 saturated heterocycles. The molecule has 1 fully saturated rings. The van der Waals surface area contributed by atoms with Gasteiger partial charge in [0.25, 0.3) is 5.56 Å². The van der Waals surface area contributed by atoms with Gasteiger partial charge in [0.05, 0.1) is 7.11 Å². The lowest BCUT2D eigenvalue weighted by Crippen LogP contribution is -2.34. The first-order valence-electron chi connectivity index (χ1n) is 9.94. The Labute approximate surface area is 165 Å². The molecule has 1 unspecified atom stereocenters. The molecule has 2 aromatic carbocycles. The highest BCUT2D eigenvalue weighted by atomic mass is 16.5. The fraction of sp³-hybridized carbons (Fsp3) is 0.348. The van der Waals surface area contributed by atoms with E-state index >= 15 is 0 Å². The Hall–Kier alpha value is -2.63. The Morgan fingerprint density at radius 1 is 1.11 bits per heavy atom. The lowest BCUT2D eigenvalue weighted by Gasteiger charge is -2.28. The average molecular weight is 377 g/mol. The number of hydrogen-bond acceptors (Lipinski definition) is 4. The number of methoxy groups -OCH3 is 1. The molecule has 0 amide bonds. The highest BCUT2D eigenvalue weighted by Gasteiger charge is 2.23. The van der Waals surface area contributed by atoms with Crippen molar-refractivity contribution >= 4 is 10.9 Å². The predicted octanol–water partition coefficient (Wildman–Crippen LogP) is 3.46. The van der Waals surface area contributed by atoms with E-state index in [0.29, 0.717) is 12.6 Å². The van der Waals surface area contributed by atoms with Crippen molar-refractivity contribution in [3.8, 4) is 5.75 Å². The van der Waals surface area contributed by atoms with Gasteiger partial charge in [-0.25, -0.2) is 0 Å². The number of aromatic nitrogens is 1. The second-order valence-corrected chi connectivity index (χ2v) is 7.37. The van der Waals surface area contributed by atoms with Crippen molar-refractivity contribution in [2.45, 2.75) is 25.4 Å². The Morgan fingerprint density at radius 2 is 1.86 bits per heavy atom. The maximum absolute atomic E-state index is 12.4. The van der Waals surface area contributed by atoms with Crippen molar-refractivity contribution in [3.05, 3.63) is 76.1 Å². The second kappa shape index (κ2) is 8.59. The highest BCUT2D eigenvalue weighted by Crippen LogP contribution is 2.26. The molecule has 0 saturated carbocycles. The highest BCUT2D eigenvalue weighted by molar-refractivity contribution is 5.78. The van der Waals surface area contributed by atoms with Crippen molar-refractivity contribution in [1.82, 2.24) is 15.2 Å². The van der Waals surface area contributed by atoms with E-state index in [1.54, 1.807) is 7.11 Å². The van der Waals surface area contributed by atoms with Crippen LogP contribution in [0.1, 0.15) is 30.0 Å². The number of likely N-dealkylation sites (tertiary alicyclic amines) is 1. The van der Waals surface area contributed by atoms with Crippen molar-refractivity contribution in [2.75, 3.05) is 26.7 Å². The van der Waals surface area contributed by atoms with E-state index in [4.69, 9.17) is 4.74 Å². The molecule has 0 aliphatic carbocycles. The van der Waals surface area contributed by atoms with Crippen LogP contribution in [0.4, 0.5) is 0 Å². The molecule has 0 radical (unpaired) electrons. The number of fused-ring (bicyclic) bond motifs is 1. The first-order valence-corrected chi connectivity index (χ1v) is 9.94. The minimum absolute atomic E-state index is 0.0200. The second-order valence-electron chi connectivity index (χ2n) is 7.37. The summed E-state index contributed by atoms with van der Waals surface area (Å²) in [7, 11) is 1.69. The number of ether oxygens (including phenoxy) is 1. The minimum Gasteiger partial charge on any atom is -0.497 e. The summed E-state index contributed by atoms with van der Waals surface area (Å²) >= 11 is 0. The van der Waals surface area contributed by atoms with Gasteiger partial charge in [-0.2, -0.15) is 0 Å². The number of nitrogens with zero attached hydrogens (tertiary/aromatic N) is 1. The molecule has 28 heavy (non-hydrogen) atoms. The zero-order chi connectivity index (χ0) is 19.3. The van der Waals surface area contributed by atoms with Gasteiger partial charge in [-0.15, -0.1) is 0 Å². The molecular formula is C23H27N3O2. The smallest absolute Gasteiger partial charge is 0.252 e. The summed E-state index contributed by atoms with van der Waals surface area (Å²) in [6.45, 7) is 3.60. The summed E-state index contributed by atoms with van der Waals surface area (Å²) < 4.78 is 5.29. The lowest BCUT2D eigenvalue weighted by atomic mass is 10.0. The summed E-state index contributed by atoms with van der Waals surface area (Å²) in [6, 6.07) is 18.5. The molecule has 0 spiro atoms. The maximum atomic E-state index is 12.4. The molecule has 5 heteroatoms. The Bertz CT molecular complexity index is 975. The van der Waals surface area contributed by atoms with Gasteiger partial charge in [0.15, 0.2) is 0 Å². The molecule has 2 heterocycles. The largest absolute Gasteiger partial charge is 0.497 e. The van der Waals surface area contributed by atoms with Crippen LogP contribution in [-0.4, -0.2) is 36.6 Å². The monoisotopic (exact) mass is 377 g/mol. The van der Waals surface area contributed by atoms with Crippen molar-refractivity contribution < 1.29 is 4.74 Å². The van der Waals surface area contributed by atoms with Crippen LogP contribution in [0, 0.1) is 0 Å². The van der Waals surface area contributed by atoms with Gasteiger partial charge < -0.3 is 15.0 Å².